The molecule has 3 fully saturated rings. The van der Waals surface area contributed by atoms with Crippen molar-refractivity contribution in [2.75, 3.05) is 56.2 Å². The molecule has 6 aromatic heterocycles. The van der Waals surface area contributed by atoms with Gasteiger partial charge >= 0.3 is 41.1 Å². The predicted molar refractivity (Wildman–Crippen MR) is 404 cm³/mol. The van der Waals surface area contributed by atoms with Gasteiger partial charge in [-0.2, -0.15) is 30.2 Å². The molecule has 20 atom stereocenters. The summed E-state index contributed by atoms with van der Waals surface area (Å²) in [5, 5.41) is 45.9. The van der Waals surface area contributed by atoms with Gasteiger partial charge in [0.15, 0.2) is 48.1 Å². The standard InChI is InChI=1S/C70H82F6N15O24P3/c1-35(2)107-59(98)36(3)86-116(101,113-41-17-11-8-12-18-41)104-30-48-51(93)69(75,33-72)63(111-48)90-27-24-45-54(90)81-66(84-57(45)96)79-40(7)109-61(100)38(5)88-118(103,115-43-21-15-10-16-22-43)106-31-49-52(94)70(76,34-73)64(112-49)91-28-25-46-55(91)82-67(85-58(46)97)78-39(6)108-60(99)37(4)87-117(102,114-42-19-13-9-14-20-42)105-29-47-50(92)68(74,32-71)62(110-47)89-26-23-44-53(89)80-65(77)83-56(44)95/h8-28,35-40,47-52,62-64,92-94H,29-34H2,1-7H3,(H,86,101)(H,87,102)(H,88,103)(H3,77,80,83,95)(H2,78,82,85,97)(H2,79,81,84,96)/t36-,37-,38-,39?,40?,47+,48+,49+,50?,51?,52?,62+,63+,64+,68+,69+,70+,116?,117+,118-/m0/s1. The Morgan fingerprint density at radius 3 is 1.06 bits per heavy atom. The molecule has 39 nitrogen and oxygen atoms in total. The molecule has 13 N–H and O–H groups in total. The van der Waals surface area contributed by atoms with Gasteiger partial charge in [0.25, 0.3) is 16.7 Å². The highest BCUT2D eigenvalue weighted by molar-refractivity contribution is 7.52. The maximum Gasteiger partial charge on any atom is 0.459 e. The van der Waals surface area contributed by atoms with Gasteiger partial charge in [0, 0.05) is 18.6 Å². The molecule has 3 aliphatic rings. The second-order valence-electron chi connectivity index (χ2n) is 27.8. The Labute approximate surface area is 663 Å². The molecular weight excluding hydrogens is 1640 g/mol. The monoisotopic (exact) mass is 1720 g/mol. The maximum atomic E-state index is 17.2. The fourth-order valence-electron chi connectivity index (χ4n) is 12.8. The van der Waals surface area contributed by atoms with E-state index in [1.807, 2.05) is 0 Å². The van der Waals surface area contributed by atoms with Crippen molar-refractivity contribution in [3.05, 3.63) is 159 Å². The number of nitrogens with zero attached hydrogens (tertiary/aromatic N) is 6. The summed E-state index contributed by atoms with van der Waals surface area (Å²) in [4.78, 5) is 99.9. The Kier molecular flexibility index (Phi) is 26.2. The summed E-state index contributed by atoms with van der Waals surface area (Å²) in [7, 11) is -14.5. The first kappa shape index (κ1) is 87.2. The molecule has 118 heavy (non-hydrogen) atoms. The third-order valence-corrected chi connectivity index (χ3v) is 23.6. The van der Waals surface area contributed by atoms with E-state index >= 15 is 22.0 Å². The molecule has 9 aromatic rings. The van der Waals surface area contributed by atoms with Crippen molar-refractivity contribution in [3.63, 3.8) is 0 Å². The second-order valence-corrected chi connectivity index (χ2v) is 32.9. The van der Waals surface area contributed by atoms with Gasteiger partial charge in [-0.25, -0.2) is 40.0 Å². The summed E-state index contributed by atoms with van der Waals surface area (Å²) in [5.74, 6) is -4.73. The molecule has 0 bridgehead atoms. The Hall–Kier alpha value is -10.1. The lowest BCUT2D eigenvalue weighted by Crippen LogP contribution is -2.45. The highest BCUT2D eigenvalue weighted by Gasteiger charge is 2.62. The number of carbonyl (C=O) groups is 3. The molecule has 6 unspecified atom stereocenters. The topological polar surface area (TPSA) is 512 Å². The van der Waals surface area contributed by atoms with Crippen LogP contribution in [0, 0.1) is 0 Å². The smallest absolute Gasteiger partial charge is 0.459 e. The fraction of sp³-hybridized carbons (Fsp3) is 0.443. The number of H-pyrrole nitrogens is 3. The van der Waals surface area contributed by atoms with Gasteiger partial charge in [-0.3, -0.25) is 57.3 Å². The van der Waals surface area contributed by atoms with Gasteiger partial charge in [0.1, 0.15) is 92.0 Å². The Balaban J connectivity index is 0.684. The molecule has 0 saturated carbocycles. The number of esters is 3. The van der Waals surface area contributed by atoms with E-state index in [1.165, 1.54) is 93.6 Å². The molecule has 3 aromatic carbocycles. The number of anilines is 3. The van der Waals surface area contributed by atoms with Gasteiger partial charge in [-0.1, -0.05) is 54.6 Å². The molecular formula is C70H82F6N15O24P3. The van der Waals surface area contributed by atoms with Crippen LogP contribution in [0.1, 0.15) is 67.1 Å². The summed E-state index contributed by atoms with van der Waals surface area (Å²) < 4.78 is 210. The van der Waals surface area contributed by atoms with Crippen LogP contribution in [0.5, 0.6) is 17.2 Å². The molecule has 0 aliphatic carbocycles. The van der Waals surface area contributed by atoms with Gasteiger partial charge in [-0.05, 0) is 103 Å². The molecule has 9 heterocycles. The lowest BCUT2D eigenvalue weighted by Gasteiger charge is -2.27. The molecule has 3 aliphatic heterocycles. The number of rotatable bonds is 37. The van der Waals surface area contributed by atoms with Crippen LogP contribution in [0.15, 0.2) is 142 Å². The van der Waals surface area contributed by atoms with Crippen molar-refractivity contribution >= 4 is 92.1 Å². The van der Waals surface area contributed by atoms with E-state index in [9.17, 15) is 62.2 Å². The number of para-hydroxylation sites is 3. The van der Waals surface area contributed by atoms with Crippen LogP contribution in [-0.4, -0.2) is 207 Å². The number of nitrogens with two attached hydrogens (primary N) is 1. The normalized spacial score (nSPS) is 26.1. The molecule has 0 spiro atoms. The van der Waals surface area contributed by atoms with Crippen LogP contribution in [0.25, 0.3) is 33.1 Å². The number of nitrogen functional groups attached to an aromatic ring is 1. The minimum Gasteiger partial charge on any atom is -0.462 e. The summed E-state index contributed by atoms with van der Waals surface area (Å²) in [5.41, 5.74) is -7.70. The van der Waals surface area contributed by atoms with Crippen LogP contribution in [0.4, 0.5) is 44.2 Å². The van der Waals surface area contributed by atoms with Gasteiger partial charge in [0.2, 0.25) is 34.9 Å². The van der Waals surface area contributed by atoms with E-state index < -0.39 is 224 Å². The SMILES string of the molecule is CC(C)OC(=O)[C@H](C)NP(=O)(OC[C@H]1O[C@@H](n2ccc3c(=O)[nH]c(NC(C)OC(=O)[C@H](C)N[P@](=O)(OC[C@H]4O[C@@H](n5ccc6c(=O)[nH]c(NC(C)OC(=O)[C@H](C)N[P@@](=O)(OC[C@H]7O[C@@H](n8ccc9c(=O)[nH]c(N)nc98)[C@@](F)(CF)C7O)Oc7ccccc7)nc65)[C@@](F)(CF)C4O)Oc4ccccc4)nc32)[C@@](F)(CF)C1O)Oc1ccccc1. The van der Waals surface area contributed by atoms with Crippen LogP contribution >= 0.6 is 23.2 Å². The van der Waals surface area contributed by atoms with Crippen molar-refractivity contribution in [1.29, 1.82) is 0 Å². The number of aliphatic hydroxyl groups is 3. The Morgan fingerprint density at radius 2 is 0.763 bits per heavy atom. The fourth-order valence-corrected chi connectivity index (χ4v) is 17.3. The first-order chi connectivity index (χ1) is 55.9. The molecule has 48 heteroatoms. The summed E-state index contributed by atoms with van der Waals surface area (Å²) >= 11 is 0. The largest absolute Gasteiger partial charge is 0.462 e. The average Bonchev–Trinajstić information content (AvgIpc) is 1.60. The van der Waals surface area contributed by atoms with Crippen LogP contribution in [0.2, 0.25) is 0 Å². The van der Waals surface area contributed by atoms with E-state index in [-0.39, 0.29) is 50.6 Å². The number of hydrogen-bond donors (Lipinski definition) is 12. The van der Waals surface area contributed by atoms with Crippen molar-refractivity contribution in [2.24, 2.45) is 0 Å². The van der Waals surface area contributed by atoms with E-state index in [4.69, 9.17) is 61.3 Å². The number of halogens is 6. The highest BCUT2D eigenvalue weighted by Crippen LogP contribution is 2.53. The number of carbonyl (C=O) groups excluding carboxylic acids is 3. The third-order valence-electron chi connectivity index (χ3n) is 18.7. The minimum absolute atomic E-state index is 0.00297. The summed E-state index contributed by atoms with van der Waals surface area (Å²) in [6.45, 7) is 0.588. The average molecular weight is 1720 g/mol. The van der Waals surface area contributed by atoms with Crippen LogP contribution < -0.4 is 61.9 Å². The van der Waals surface area contributed by atoms with Crippen molar-refractivity contribution in [2.45, 2.75) is 157 Å². The van der Waals surface area contributed by atoms with Gasteiger partial charge in [-0.15, -0.1) is 0 Å². The molecule has 638 valence electrons. The lowest BCUT2D eigenvalue weighted by atomic mass is 9.97. The molecule has 12 rings (SSSR count). The first-order valence-corrected chi connectivity index (χ1v) is 40.8. The first-order valence-electron chi connectivity index (χ1n) is 36.2. The zero-order chi connectivity index (χ0) is 85.1. The van der Waals surface area contributed by atoms with E-state index in [0.29, 0.717) is 0 Å². The lowest BCUT2D eigenvalue weighted by molar-refractivity contribution is -0.149. The molecule has 0 amide bonds. The molecule has 3 saturated heterocycles. The third kappa shape index (κ3) is 18.7. The number of alkyl halides is 6. The zero-order valence-corrected chi connectivity index (χ0v) is 66.0. The highest BCUT2D eigenvalue weighted by atomic mass is 31.2. The molecule has 0 radical (unpaired) electrons. The Morgan fingerprint density at radius 1 is 0.475 bits per heavy atom. The van der Waals surface area contributed by atoms with Crippen molar-refractivity contribution < 1.29 is 125 Å². The quantitative estimate of drug-likeness (QED) is 0.00634. The number of nitrogens with one attached hydrogen (secondary N) is 8. The summed E-state index contributed by atoms with van der Waals surface area (Å²) in [6, 6.07) is 20.9. The second kappa shape index (κ2) is 35.5. The van der Waals surface area contributed by atoms with Crippen LogP contribution in [-0.2, 0) is 70.1 Å². The number of ether oxygens (including phenoxy) is 6. The van der Waals surface area contributed by atoms with Crippen molar-refractivity contribution in [3.8, 4) is 17.2 Å². The number of hydrogen-bond acceptors (Lipinski definition) is 30. The van der Waals surface area contributed by atoms with Crippen LogP contribution in [0.3, 0.4) is 0 Å². The number of aromatic nitrogens is 9. The van der Waals surface area contributed by atoms with Crippen molar-refractivity contribution in [1.82, 2.24) is 58.9 Å². The minimum atomic E-state index is -4.98. The number of aliphatic hydroxyl groups excluding tert-OH is 3. The predicted octanol–water partition coefficient (Wildman–Crippen LogP) is 6.69. The van der Waals surface area contributed by atoms with E-state index in [2.05, 4.69) is 55.8 Å². The maximum absolute atomic E-state index is 17.2. The van der Waals surface area contributed by atoms with Gasteiger partial charge < -0.3 is 87.4 Å². The van der Waals surface area contributed by atoms with Gasteiger partial charge in [0.05, 0.1) is 42.1 Å². The van der Waals surface area contributed by atoms with E-state index in [0.717, 1.165) is 52.2 Å². The zero-order valence-electron chi connectivity index (χ0n) is 63.3. The summed E-state index contributed by atoms with van der Waals surface area (Å²) in [6.07, 6.45) is -19.1. The van der Waals surface area contributed by atoms with E-state index in [1.54, 1.807) is 44.2 Å². The number of aromatic amines is 3. The number of benzene rings is 3. The Bertz CT molecular complexity index is 5440. The number of fused-ring (bicyclic) bond motifs is 3.